The van der Waals surface area contributed by atoms with Gasteiger partial charge in [0.2, 0.25) is 11.8 Å². The molecule has 0 aliphatic carbocycles. The molecule has 3 heterocycles. The Bertz CT molecular complexity index is 998. The number of allylic oxidation sites excluding steroid dienone is 1. The number of amides is 2. The van der Waals surface area contributed by atoms with Gasteiger partial charge in [-0.2, -0.15) is 0 Å². The number of rotatable bonds is 15. The van der Waals surface area contributed by atoms with Gasteiger partial charge in [-0.15, -0.1) is 13.2 Å². The molecule has 1 N–H and O–H groups in total. The van der Waals surface area contributed by atoms with Crippen LogP contribution in [0, 0.1) is 17.3 Å². The predicted molar refractivity (Wildman–Crippen MR) is 160 cm³/mol. The first kappa shape index (κ1) is 33.3. The molecule has 2 amide bonds. The van der Waals surface area contributed by atoms with E-state index in [0.717, 1.165) is 19.3 Å². The summed E-state index contributed by atoms with van der Waals surface area (Å²) < 4.78 is 12.6. The molecule has 0 aromatic carbocycles. The Labute approximate surface area is 247 Å². The molecule has 3 fully saturated rings. The van der Waals surface area contributed by atoms with Crippen molar-refractivity contribution < 1.29 is 29.0 Å². The molecule has 8 nitrogen and oxygen atoms in total. The van der Waals surface area contributed by atoms with Crippen molar-refractivity contribution in [3.63, 3.8) is 0 Å². The number of nitrogens with zero attached hydrogens (tertiary/aromatic N) is 2. The first-order valence-electron chi connectivity index (χ1n) is 15.5. The standard InChI is InChI=1S/C33H54N2O6/c1-10-14-15-16-20-40-29(39)25-24-27(37)35(23(12-3)21-36)26(33(24)18-17-32(25,13-4)41-33)28(38)34(19-11-2)31(8,9)22-30(5,6)7/h10-11,23-26,36H,1-2,12-22H2,3-9H3/t23-,24-,25+,26?,32-,33?/m0/s1. The summed E-state index contributed by atoms with van der Waals surface area (Å²) in [7, 11) is 0. The molecule has 2 unspecified atom stereocenters. The van der Waals surface area contributed by atoms with Crippen molar-refractivity contribution in [3.05, 3.63) is 25.3 Å². The molecule has 3 aliphatic heterocycles. The Morgan fingerprint density at radius 2 is 1.85 bits per heavy atom. The summed E-state index contributed by atoms with van der Waals surface area (Å²) in [5, 5.41) is 10.4. The van der Waals surface area contributed by atoms with E-state index < -0.39 is 46.6 Å². The number of unbranched alkanes of at least 4 members (excludes halogenated alkanes) is 2. The van der Waals surface area contributed by atoms with Crippen molar-refractivity contribution >= 4 is 17.8 Å². The van der Waals surface area contributed by atoms with Crippen molar-refractivity contribution in [2.45, 2.75) is 129 Å². The van der Waals surface area contributed by atoms with Gasteiger partial charge in [-0.3, -0.25) is 14.4 Å². The predicted octanol–water partition coefficient (Wildman–Crippen LogP) is 5.04. The molecule has 2 bridgehead atoms. The fourth-order valence-corrected chi connectivity index (χ4v) is 8.06. The second-order valence-corrected chi connectivity index (χ2v) is 14.1. The summed E-state index contributed by atoms with van der Waals surface area (Å²) in [6, 6.07) is -1.52. The number of esters is 1. The van der Waals surface area contributed by atoms with Gasteiger partial charge >= 0.3 is 5.97 Å². The Hall–Kier alpha value is -2.19. The molecule has 0 aromatic rings. The third-order valence-corrected chi connectivity index (χ3v) is 9.50. The number of aliphatic hydroxyl groups is 1. The molecule has 0 aromatic heterocycles. The molecule has 3 aliphatic rings. The maximum atomic E-state index is 14.8. The van der Waals surface area contributed by atoms with Crippen LogP contribution in [0.1, 0.15) is 99.8 Å². The number of ether oxygens (including phenoxy) is 2. The van der Waals surface area contributed by atoms with Crippen LogP contribution in [0.5, 0.6) is 0 Å². The van der Waals surface area contributed by atoms with Crippen LogP contribution >= 0.6 is 0 Å². The quantitative estimate of drug-likeness (QED) is 0.167. The first-order chi connectivity index (χ1) is 19.2. The summed E-state index contributed by atoms with van der Waals surface area (Å²) >= 11 is 0. The molecule has 3 saturated heterocycles. The smallest absolute Gasteiger partial charge is 0.312 e. The van der Waals surface area contributed by atoms with E-state index in [1.54, 1.807) is 11.0 Å². The van der Waals surface area contributed by atoms with E-state index in [9.17, 15) is 19.5 Å². The van der Waals surface area contributed by atoms with Crippen LogP contribution in [-0.2, 0) is 23.9 Å². The molecule has 1 spiro atoms. The molecule has 8 heteroatoms. The zero-order valence-electron chi connectivity index (χ0n) is 26.5. The number of hydrogen-bond donors (Lipinski definition) is 1. The minimum Gasteiger partial charge on any atom is -0.465 e. The van der Waals surface area contributed by atoms with Gasteiger partial charge in [-0.25, -0.2) is 0 Å². The number of carbonyl (C=O) groups excluding carboxylic acids is 3. The average Bonchev–Trinajstić information content (AvgIpc) is 3.50. The van der Waals surface area contributed by atoms with Crippen molar-refractivity contribution in [1.82, 2.24) is 9.80 Å². The molecular formula is C33H54N2O6. The fraction of sp³-hybridized carbons (Fsp3) is 0.788. The number of carbonyl (C=O) groups is 3. The minimum atomic E-state index is -1.16. The summed E-state index contributed by atoms with van der Waals surface area (Å²) in [5.41, 5.74) is -2.61. The lowest BCUT2D eigenvalue weighted by molar-refractivity contribution is -0.165. The van der Waals surface area contributed by atoms with E-state index in [0.29, 0.717) is 38.6 Å². The number of hydrogen-bond acceptors (Lipinski definition) is 6. The highest BCUT2D eigenvalue weighted by Gasteiger charge is 2.79. The molecule has 3 rings (SSSR count). The van der Waals surface area contributed by atoms with Gasteiger partial charge < -0.3 is 24.4 Å². The molecule has 0 saturated carbocycles. The monoisotopic (exact) mass is 574 g/mol. The highest BCUT2D eigenvalue weighted by atomic mass is 16.6. The highest BCUT2D eigenvalue weighted by molar-refractivity contribution is 5.99. The Morgan fingerprint density at radius 1 is 1.17 bits per heavy atom. The first-order valence-corrected chi connectivity index (χ1v) is 15.5. The summed E-state index contributed by atoms with van der Waals surface area (Å²) in [6.45, 7) is 22.4. The second-order valence-electron chi connectivity index (χ2n) is 14.1. The van der Waals surface area contributed by atoms with Gasteiger partial charge in [0, 0.05) is 12.1 Å². The van der Waals surface area contributed by atoms with Gasteiger partial charge in [-0.05, 0) is 70.6 Å². The van der Waals surface area contributed by atoms with Crippen molar-refractivity contribution in [1.29, 1.82) is 0 Å². The van der Waals surface area contributed by atoms with Crippen LogP contribution in [0.15, 0.2) is 25.3 Å². The Balaban J connectivity index is 2.08. The SMILES string of the molecule is C=CCCCCOC(=O)[C@H]1[C@H]2C(=O)N([C@@H](CC)CO)C(C(=O)N(CC=C)C(C)(C)CC(C)(C)C)C23CC[C@]1(CC)O3. The lowest BCUT2D eigenvalue weighted by atomic mass is 9.65. The lowest BCUT2D eigenvalue weighted by Crippen LogP contribution is -2.62. The van der Waals surface area contributed by atoms with Gasteiger partial charge in [0.15, 0.2) is 0 Å². The van der Waals surface area contributed by atoms with Gasteiger partial charge in [-0.1, -0.05) is 46.8 Å². The third-order valence-electron chi connectivity index (χ3n) is 9.50. The van der Waals surface area contributed by atoms with Crippen molar-refractivity contribution in [2.75, 3.05) is 19.8 Å². The van der Waals surface area contributed by atoms with Gasteiger partial charge in [0.25, 0.3) is 0 Å². The Morgan fingerprint density at radius 3 is 2.39 bits per heavy atom. The van der Waals surface area contributed by atoms with Crippen LogP contribution in [-0.4, -0.2) is 81.3 Å². The number of fused-ring (bicyclic) bond motifs is 1. The van der Waals surface area contributed by atoms with E-state index in [4.69, 9.17) is 9.47 Å². The van der Waals surface area contributed by atoms with Gasteiger partial charge in [0.05, 0.1) is 30.8 Å². The zero-order valence-corrected chi connectivity index (χ0v) is 26.5. The second kappa shape index (κ2) is 12.6. The zero-order chi connectivity index (χ0) is 30.8. The van der Waals surface area contributed by atoms with E-state index >= 15 is 0 Å². The van der Waals surface area contributed by atoms with E-state index in [2.05, 4.69) is 33.9 Å². The minimum absolute atomic E-state index is 0.0542. The number of likely N-dealkylation sites (tertiary alicyclic amines) is 1. The van der Waals surface area contributed by atoms with Crippen LogP contribution in [0.25, 0.3) is 0 Å². The lowest BCUT2D eigenvalue weighted by Gasteiger charge is -2.46. The van der Waals surface area contributed by atoms with E-state index in [1.807, 2.05) is 38.7 Å². The Kier molecular flexibility index (Phi) is 10.2. The van der Waals surface area contributed by atoms with Crippen molar-refractivity contribution in [2.24, 2.45) is 17.3 Å². The molecule has 232 valence electrons. The van der Waals surface area contributed by atoms with Crippen LogP contribution < -0.4 is 0 Å². The molecular weight excluding hydrogens is 520 g/mol. The van der Waals surface area contributed by atoms with Crippen LogP contribution in [0.2, 0.25) is 0 Å². The summed E-state index contributed by atoms with van der Waals surface area (Å²) in [4.78, 5) is 46.3. The molecule has 0 radical (unpaired) electrons. The van der Waals surface area contributed by atoms with Crippen LogP contribution in [0.3, 0.4) is 0 Å². The van der Waals surface area contributed by atoms with E-state index in [-0.39, 0.29) is 30.4 Å². The number of aliphatic hydroxyl groups excluding tert-OH is 1. The maximum absolute atomic E-state index is 14.8. The molecule has 41 heavy (non-hydrogen) atoms. The summed E-state index contributed by atoms with van der Waals surface area (Å²) in [5.74, 6) is -2.55. The highest BCUT2D eigenvalue weighted by Crippen LogP contribution is 2.65. The topological polar surface area (TPSA) is 96.4 Å². The maximum Gasteiger partial charge on any atom is 0.312 e. The van der Waals surface area contributed by atoms with Crippen molar-refractivity contribution in [3.8, 4) is 0 Å². The average molecular weight is 575 g/mol. The largest absolute Gasteiger partial charge is 0.465 e. The summed E-state index contributed by atoms with van der Waals surface area (Å²) in [6.07, 6.45) is 8.79. The van der Waals surface area contributed by atoms with Crippen LogP contribution in [0.4, 0.5) is 0 Å². The fourth-order valence-electron chi connectivity index (χ4n) is 8.06. The third kappa shape index (κ3) is 6.01. The normalized spacial score (nSPS) is 29.8. The molecule has 6 atom stereocenters. The van der Waals surface area contributed by atoms with Gasteiger partial charge in [0.1, 0.15) is 17.6 Å². The van der Waals surface area contributed by atoms with E-state index in [1.165, 1.54) is 0 Å².